The molecular weight excluding hydrogens is 353 g/mol. The van der Waals surface area contributed by atoms with Crippen molar-refractivity contribution in [2.24, 2.45) is 5.73 Å². The van der Waals surface area contributed by atoms with Gasteiger partial charge in [0.25, 0.3) is 11.6 Å². The molecule has 0 spiro atoms. The highest BCUT2D eigenvalue weighted by Gasteiger charge is 2.30. The highest BCUT2D eigenvalue weighted by molar-refractivity contribution is 5.98. The van der Waals surface area contributed by atoms with E-state index in [1.165, 1.54) is 12.1 Å². The van der Waals surface area contributed by atoms with E-state index >= 15 is 0 Å². The Balaban J connectivity index is 2.13. The van der Waals surface area contributed by atoms with E-state index < -0.39 is 22.6 Å². The standard InChI is InChI=1S/C16H15F3N4O3/c1-9(10-2-4-11(5-3-10)16(17,18)19)7-21-15-13(14(20)24)6-12(8-22-15)23(25)26/h2-6,8-9H,7H2,1H3,(H2,20,24)(H,21,22). The maximum absolute atomic E-state index is 12.6. The maximum atomic E-state index is 12.6. The summed E-state index contributed by atoms with van der Waals surface area (Å²) in [5.41, 5.74) is 4.60. The highest BCUT2D eigenvalue weighted by atomic mass is 19.4. The molecule has 0 saturated carbocycles. The van der Waals surface area contributed by atoms with Gasteiger partial charge in [0.1, 0.15) is 12.0 Å². The number of nitrogens with one attached hydrogen (secondary N) is 1. The van der Waals surface area contributed by atoms with Gasteiger partial charge in [0.15, 0.2) is 0 Å². The van der Waals surface area contributed by atoms with Gasteiger partial charge in [0.05, 0.1) is 16.1 Å². The molecular formula is C16H15F3N4O3. The minimum absolute atomic E-state index is 0.0712. The molecule has 0 aliphatic rings. The molecule has 2 aromatic rings. The number of aromatic nitrogens is 1. The molecule has 0 fully saturated rings. The second kappa shape index (κ2) is 7.38. The number of hydrogen-bond acceptors (Lipinski definition) is 5. The van der Waals surface area contributed by atoms with Crippen LogP contribution in [0.4, 0.5) is 24.7 Å². The van der Waals surface area contributed by atoms with Gasteiger partial charge in [-0.1, -0.05) is 19.1 Å². The molecule has 138 valence electrons. The number of benzene rings is 1. The summed E-state index contributed by atoms with van der Waals surface area (Å²) < 4.78 is 37.8. The van der Waals surface area contributed by atoms with Crippen molar-refractivity contribution >= 4 is 17.4 Å². The number of nitrogens with two attached hydrogens (primary N) is 1. The zero-order valence-corrected chi connectivity index (χ0v) is 13.6. The first-order valence-corrected chi connectivity index (χ1v) is 7.45. The molecule has 0 aliphatic carbocycles. The summed E-state index contributed by atoms with van der Waals surface area (Å²) in [5, 5.41) is 13.6. The first-order valence-electron chi connectivity index (χ1n) is 7.45. The third-order valence-electron chi connectivity index (χ3n) is 3.73. The number of rotatable bonds is 6. The lowest BCUT2D eigenvalue weighted by Crippen LogP contribution is -2.18. The zero-order valence-electron chi connectivity index (χ0n) is 13.6. The molecule has 10 heteroatoms. The van der Waals surface area contributed by atoms with E-state index in [2.05, 4.69) is 10.3 Å². The molecule has 1 unspecified atom stereocenters. The van der Waals surface area contributed by atoms with Crippen molar-refractivity contribution in [3.8, 4) is 0 Å². The van der Waals surface area contributed by atoms with Crippen LogP contribution in [0.5, 0.6) is 0 Å². The molecule has 0 saturated heterocycles. The molecule has 7 nitrogen and oxygen atoms in total. The highest BCUT2D eigenvalue weighted by Crippen LogP contribution is 2.30. The van der Waals surface area contributed by atoms with Crippen LogP contribution in [0.25, 0.3) is 0 Å². The van der Waals surface area contributed by atoms with E-state index in [9.17, 15) is 28.1 Å². The second-order valence-corrected chi connectivity index (χ2v) is 5.61. The molecule has 2 rings (SSSR count). The molecule has 1 amide bonds. The summed E-state index contributed by atoms with van der Waals surface area (Å²) in [7, 11) is 0. The van der Waals surface area contributed by atoms with Crippen LogP contribution in [0.2, 0.25) is 0 Å². The molecule has 0 aliphatic heterocycles. The van der Waals surface area contributed by atoms with E-state index in [0.717, 1.165) is 24.4 Å². The van der Waals surface area contributed by atoms with Crippen LogP contribution in [-0.4, -0.2) is 22.4 Å². The minimum Gasteiger partial charge on any atom is -0.369 e. The van der Waals surface area contributed by atoms with E-state index in [4.69, 9.17) is 5.73 Å². The molecule has 1 atom stereocenters. The Morgan fingerprint density at radius 3 is 2.46 bits per heavy atom. The number of carbonyl (C=O) groups excluding carboxylic acids is 1. The van der Waals surface area contributed by atoms with Crippen molar-refractivity contribution in [1.29, 1.82) is 0 Å². The number of primary amides is 1. The minimum atomic E-state index is -4.40. The van der Waals surface area contributed by atoms with Crippen LogP contribution >= 0.6 is 0 Å². The SMILES string of the molecule is CC(CNc1ncc([N+](=O)[O-])cc1C(N)=O)c1ccc(C(F)(F)F)cc1. The lowest BCUT2D eigenvalue weighted by molar-refractivity contribution is -0.385. The van der Waals surface area contributed by atoms with Gasteiger partial charge in [-0.05, 0) is 23.6 Å². The molecule has 1 heterocycles. The van der Waals surface area contributed by atoms with Gasteiger partial charge in [0, 0.05) is 12.6 Å². The zero-order chi connectivity index (χ0) is 19.5. The number of pyridine rings is 1. The summed E-state index contributed by atoms with van der Waals surface area (Å²) in [6.45, 7) is 2.00. The quantitative estimate of drug-likeness (QED) is 0.600. The number of anilines is 1. The van der Waals surface area contributed by atoms with Crippen molar-refractivity contribution in [2.75, 3.05) is 11.9 Å². The number of alkyl halides is 3. The lowest BCUT2D eigenvalue weighted by Gasteiger charge is -2.16. The predicted molar refractivity (Wildman–Crippen MR) is 87.8 cm³/mol. The number of amides is 1. The number of halogens is 3. The van der Waals surface area contributed by atoms with E-state index in [1.807, 2.05) is 0 Å². The summed E-state index contributed by atoms with van der Waals surface area (Å²) in [6, 6.07) is 5.73. The van der Waals surface area contributed by atoms with Crippen molar-refractivity contribution in [3.63, 3.8) is 0 Å². The van der Waals surface area contributed by atoms with Gasteiger partial charge in [-0.25, -0.2) is 4.98 Å². The van der Waals surface area contributed by atoms with Gasteiger partial charge in [-0.3, -0.25) is 14.9 Å². The third-order valence-corrected chi connectivity index (χ3v) is 3.73. The maximum Gasteiger partial charge on any atom is 0.416 e. The Morgan fingerprint density at radius 2 is 1.96 bits per heavy atom. The number of hydrogen-bond donors (Lipinski definition) is 2. The summed E-state index contributed by atoms with van der Waals surface area (Å²) in [5.74, 6) is -1.03. The van der Waals surface area contributed by atoms with Gasteiger partial charge < -0.3 is 11.1 Å². The summed E-state index contributed by atoms with van der Waals surface area (Å²) in [4.78, 5) is 25.3. The molecule has 1 aromatic carbocycles. The molecule has 0 bridgehead atoms. The lowest BCUT2D eigenvalue weighted by atomic mass is 9.99. The van der Waals surface area contributed by atoms with Gasteiger partial charge in [0.2, 0.25) is 0 Å². The van der Waals surface area contributed by atoms with Gasteiger partial charge in [-0.15, -0.1) is 0 Å². The van der Waals surface area contributed by atoms with Crippen molar-refractivity contribution < 1.29 is 22.9 Å². The second-order valence-electron chi connectivity index (χ2n) is 5.61. The van der Waals surface area contributed by atoms with Gasteiger partial charge in [-0.2, -0.15) is 13.2 Å². The van der Waals surface area contributed by atoms with Crippen LogP contribution in [0, 0.1) is 10.1 Å². The Kier molecular flexibility index (Phi) is 5.44. The largest absolute Gasteiger partial charge is 0.416 e. The number of nitro groups is 1. The first-order chi connectivity index (χ1) is 12.1. The fourth-order valence-corrected chi connectivity index (χ4v) is 2.25. The fraction of sp³-hybridized carbons (Fsp3) is 0.250. The molecule has 26 heavy (non-hydrogen) atoms. The van der Waals surface area contributed by atoms with Crippen LogP contribution in [0.3, 0.4) is 0 Å². The van der Waals surface area contributed by atoms with Gasteiger partial charge >= 0.3 is 6.18 Å². The molecule has 1 aromatic heterocycles. The van der Waals surface area contributed by atoms with Crippen LogP contribution < -0.4 is 11.1 Å². The van der Waals surface area contributed by atoms with Crippen molar-refractivity contribution in [1.82, 2.24) is 4.98 Å². The Hall–Kier alpha value is -3.17. The first kappa shape index (κ1) is 19.2. The molecule has 3 N–H and O–H groups in total. The van der Waals surface area contributed by atoms with E-state index in [-0.39, 0.29) is 29.5 Å². The Bertz CT molecular complexity index is 822. The third kappa shape index (κ3) is 4.47. The van der Waals surface area contributed by atoms with E-state index in [0.29, 0.717) is 5.56 Å². The van der Waals surface area contributed by atoms with Crippen LogP contribution in [-0.2, 0) is 6.18 Å². The van der Waals surface area contributed by atoms with Crippen molar-refractivity contribution in [2.45, 2.75) is 19.0 Å². The Morgan fingerprint density at radius 1 is 1.35 bits per heavy atom. The number of nitrogens with zero attached hydrogens (tertiary/aromatic N) is 2. The normalized spacial score (nSPS) is 12.5. The smallest absolute Gasteiger partial charge is 0.369 e. The topological polar surface area (TPSA) is 111 Å². The fourth-order valence-electron chi connectivity index (χ4n) is 2.25. The van der Waals surface area contributed by atoms with Crippen molar-refractivity contribution in [3.05, 3.63) is 63.3 Å². The summed E-state index contributed by atoms with van der Waals surface area (Å²) in [6.07, 6.45) is -3.42. The average molecular weight is 368 g/mol. The average Bonchev–Trinajstić information content (AvgIpc) is 2.58. The monoisotopic (exact) mass is 368 g/mol. The van der Waals surface area contributed by atoms with Crippen LogP contribution in [0.15, 0.2) is 36.5 Å². The summed E-state index contributed by atoms with van der Waals surface area (Å²) >= 11 is 0. The predicted octanol–water partition coefficient (Wildman–Crippen LogP) is 3.32. The number of carbonyl (C=O) groups is 1. The molecule has 0 radical (unpaired) electrons. The Labute approximate surface area is 146 Å². The van der Waals surface area contributed by atoms with E-state index in [1.54, 1.807) is 6.92 Å². The van der Waals surface area contributed by atoms with Crippen LogP contribution in [0.1, 0.15) is 34.3 Å².